The third-order valence-corrected chi connectivity index (χ3v) is 5.78. The van der Waals surface area contributed by atoms with Gasteiger partial charge in [-0.15, -0.1) is 0 Å². The SMILES string of the molecule is CC(C)(C)c1cc(S(=O)Cc2ccc(Cl)cc2)cc(C(C)(C)C)c1O. The molecule has 0 heterocycles. The number of benzene rings is 2. The zero-order valence-electron chi connectivity index (χ0n) is 15.8. The molecule has 0 aliphatic carbocycles. The Morgan fingerprint density at radius 3 is 1.76 bits per heavy atom. The molecule has 1 N–H and O–H groups in total. The molecule has 2 rings (SSSR count). The number of phenolic OH excluding ortho intramolecular Hbond substituents is 1. The summed E-state index contributed by atoms with van der Waals surface area (Å²) in [5.74, 6) is 0.738. The van der Waals surface area contributed by atoms with E-state index < -0.39 is 10.8 Å². The van der Waals surface area contributed by atoms with Gasteiger partial charge in [0.25, 0.3) is 0 Å². The molecule has 4 heteroatoms. The molecule has 0 fully saturated rings. The van der Waals surface area contributed by atoms with Crippen molar-refractivity contribution in [1.29, 1.82) is 0 Å². The second kappa shape index (κ2) is 7.13. The van der Waals surface area contributed by atoms with Crippen LogP contribution in [0.1, 0.15) is 58.2 Å². The van der Waals surface area contributed by atoms with Gasteiger partial charge >= 0.3 is 0 Å². The molecule has 2 aromatic rings. The third-order valence-electron chi connectivity index (χ3n) is 4.17. The normalized spacial score (nSPS) is 13.7. The van der Waals surface area contributed by atoms with E-state index in [1.54, 1.807) is 0 Å². The third kappa shape index (κ3) is 4.86. The monoisotopic (exact) mass is 378 g/mol. The number of halogens is 1. The first-order valence-electron chi connectivity index (χ1n) is 8.40. The Morgan fingerprint density at radius 1 is 0.920 bits per heavy atom. The van der Waals surface area contributed by atoms with Crippen molar-refractivity contribution in [2.45, 2.75) is 63.0 Å². The summed E-state index contributed by atoms with van der Waals surface area (Å²) in [7, 11) is -1.19. The summed E-state index contributed by atoms with van der Waals surface area (Å²) in [6.45, 7) is 12.3. The molecule has 0 saturated heterocycles. The summed E-state index contributed by atoms with van der Waals surface area (Å²) in [6, 6.07) is 11.2. The van der Waals surface area contributed by atoms with Gasteiger partial charge in [-0.1, -0.05) is 65.3 Å². The second-order valence-corrected chi connectivity index (χ2v) is 10.4. The molecule has 0 aromatic heterocycles. The molecule has 1 unspecified atom stereocenters. The average molecular weight is 379 g/mol. The Hall–Kier alpha value is -1.32. The van der Waals surface area contributed by atoms with Gasteiger partial charge in [-0.05, 0) is 40.7 Å². The summed E-state index contributed by atoms with van der Waals surface area (Å²) in [5, 5.41) is 11.4. The zero-order chi connectivity index (χ0) is 19.0. The molecule has 0 saturated carbocycles. The summed E-state index contributed by atoms with van der Waals surface area (Å²) in [6.07, 6.45) is 0. The highest BCUT2D eigenvalue weighted by Crippen LogP contribution is 2.40. The van der Waals surface area contributed by atoms with Crippen LogP contribution in [0, 0.1) is 0 Å². The highest BCUT2D eigenvalue weighted by Gasteiger charge is 2.27. The van der Waals surface area contributed by atoms with Crippen LogP contribution in [0.3, 0.4) is 0 Å². The van der Waals surface area contributed by atoms with Crippen LogP contribution in [0.25, 0.3) is 0 Å². The van der Waals surface area contributed by atoms with Crippen molar-refractivity contribution in [3.63, 3.8) is 0 Å². The van der Waals surface area contributed by atoms with E-state index in [0.717, 1.165) is 21.6 Å². The number of aromatic hydroxyl groups is 1. The smallest absolute Gasteiger partial charge is 0.123 e. The summed E-state index contributed by atoms with van der Waals surface area (Å²) >= 11 is 5.92. The number of hydrogen-bond donors (Lipinski definition) is 1. The van der Waals surface area contributed by atoms with Crippen LogP contribution in [0.5, 0.6) is 5.75 Å². The van der Waals surface area contributed by atoms with Crippen LogP contribution in [-0.2, 0) is 27.4 Å². The van der Waals surface area contributed by atoms with Gasteiger partial charge < -0.3 is 5.11 Å². The molecule has 0 bridgehead atoms. The molecule has 2 aromatic carbocycles. The van der Waals surface area contributed by atoms with Gasteiger partial charge in [0.15, 0.2) is 0 Å². The molecule has 0 amide bonds. The van der Waals surface area contributed by atoms with E-state index in [1.165, 1.54) is 0 Å². The Balaban J connectivity index is 2.49. The average Bonchev–Trinajstić information content (AvgIpc) is 2.47. The molecular formula is C21H27ClO2S. The van der Waals surface area contributed by atoms with Crippen molar-refractivity contribution in [3.8, 4) is 5.75 Å². The van der Waals surface area contributed by atoms with Gasteiger partial charge in [0, 0.05) is 21.0 Å². The first-order chi connectivity index (χ1) is 11.4. The molecule has 1 atom stereocenters. The maximum atomic E-state index is 13.0. The molecule has 25 heavy (non-hydrogen) atoms. The maximum Gasteiger partial charge on any atom is 0.123 e. The highest BCUT2D eigenvalue weighted by molar-refractivity contribution is 7.84. The van der Waals surface area contributed by atoms with Crippen molar-refractivity contribution in [2.24, 2.45) is 0 Å². The van der Waals surface area contributed by atoms with Crippen LogP contribution in [0.2, 0.25) is 5.02 Å². The minimum Gasteiger partial charge on any atom is -0.507 e. The lowest BCUT2D eigenvalue weighted by atomic mass is 9.79. The molecule has 2 nitrogen and oxygen atoms in total. The van der Waals surface area contributed by atoms with E-state index in [1.807, 2.05) is 36.4 Å². The van der Waals surface area contributed by atoms with Crippen LogP contribution in [0.15, 0.2) is 41.3 Å². The van der Waals surface area contributed by atoms with E-state index in [9.17, 15) is 9.32 Å². The Bertz CT molecular complexity index is 746. The summed E-state index contributed by atoms with van der Waals surface area (Å²) in [5.41, 5.74) is 2.18. The van der Waals surface area contributed by atoms with Crippen molar-refractivity contribution < 1.29 is 9.32 Å². The summed E-state index contributed by atoms with van der Waals surface area (Å²) < 4.78 is 13.0. The van der Waals surface area contributed by atoms with Gasteiger partial charge in [-0.2, -0.15) is 0 Å². The zero-order valence-corrected chi connectivity index (χ0v) is 17.4. The predicted octanol–water partition coefficient (Wildman–Crippen LogP) is 5.95. The molecule has 136 valence electrons. The number of hydrogen-bond acceptors (Lipinski definition) is 2. The van der Waals surface area contributed by atoms with Crippen molar-refractivity contribution in [2.75, 3.05) is 0 Å². The quantitative estimate of drug-likeness (QED) is 0.716. The molecule has 0 radical (unpaired) electrons. The fourth-order valence-electron chi connectivity index (χ4n) is 2.70. The first kappa shape index (κ1) is 20.0. The maximum absolute atomic E-state index is 13.0. The molecule has 0 aliphatic rings. The lowest BCUT2D eigenvalue weighted by Gasteiger charge is -2.28. The molecule has 0 aliphatic heterocycles. The van der Waals surface area contributed by atoms with Gasteiger partial charge in [0.1, 0.15) is 5.75 Å². The minimum atomic E-state index is -1.19. The fourth-order valence-corrected chi connectivity index (χ4v) is 3.98. The highest BCUT2D eigenvalue weighted by atomic mass is 35.5. The van der Waals surface area contributed by atoms with Gasteiger partial charge in [-0.25, -0.2) is 0 Å². The topological polar surface area (TPSA) is 37.3 Å². The van der Waals surface area contributed by atoms with Crippen molar-refractivity contribution in [1.82, 2.24) is 0 Å². The number of rotatable bonds is 3. The fraction of sp³-hybridized carbons (Fsp3) is 0.429. The lowest BCUT2D eigenvalue weighted by molar-refractivity contribution is 0.422. The van der Waals surface area contributed by atoms with Crippen LogP contribution < -0.4 is 0 Å². The summed E-state index contributed by atoms with van der Waals surface area (Å²) in [4.78, 5) is 0.752. The van der Waals surface area contributed by atoms with E-state index in [4.69, 9.17) is 11.6 Å². The van der Waals surface area contributed by atoms with Gasteiger partial charge in [0.05, 0.1) is 16.6 Å². The lowest BCUT2D eigenvalue weighted by Crippen LogP contribution is -2.18. The minimum absolute atomic E-state index is 0.232. The standard InChI is InChI=1S/C21H27ClO2S/c1-20(2,3)17-11-16(12-18(19(17)23)21(4,5)6)25(24)13-14-7-9-15(22)10-8-14/h7-12,23H,13H2,1-6H3. The van der Waals surface area contributed by atoms with Crippen LogP contribution >= 0.6 is 11.6 Å². The Labute approximate surface area is 158 Å². The van der Waals surface area contributed by atoms with Crippen molar-refractivity contribution in [3.05, 3.63) is 58.1 Å². The van der Waals surface area contributed by atoms with Gasteiger partial charge in [0.2, 0.25) is 0 Å². The second-order valence-electron chi connectivity index (χ2n) is 8.48. The van der Waals surface area contributed by atoms with E-state index in [2.05, 4.69) is 41.5 Å². The Morgan fingerprint density at radius 2 is 1.36 bits per heavy atom. The Kier molecular flexibility index (Phi) is 5.70. The molecule has 0 spiro atoms. The first-order valence-corrected chi connectivity index (χ1v) is 10.1. The van der Waals surface area contributed by atoms with E-state index in [0.29, 0.717) is 16.5 Å². The predicted molar refractivity (Wildman–Crippen MR) is 107 cm³/mol. The van der Waals surface area contributed by atoms with Gasteiger partial charge in [-0.3, -0.25) is 4.21 Å². The van der Waals surface area contributed by atoms with Crippen LogP contribution in [0.4, 0.5) is 0 Å². The van der Waals surface area contributed by atoms with E-state index >= 15 is 0 Å². The number of phenols is 1. The largest absolute Gasteiger partial charge is 0.507 e. The van der Waals surface area contributed by atoms with E-state index in [-0.39, 0.29) is 10.8 Å². The van der Waals surface area contributed by atoms with Crippen LogP contribution in [-0.4, -0.2) is 9.32 Å². The molecular weight excluding hydrogens is 352 g/mol. The van der Waals surface area contributed by atoms with Crippen molar-refractivity contribution >= 4 is 22.4 Å².